The van der Waals surface area contributed by atoms with Crippen molar-refractivity contribution in [3.63, 3.8) is 0 Å². The fourth-order valence-corrected chi connectivity index (χ4v) is 5.32. The topological polar surface area (TPSA) is 93.2 Å². The first-order chi connectivity index (χ1) is 15.1. The zero-order valence-electron chi connectivity index (χ0n) is 17.9. The van der Waals surface area contributed by atoms with E-state index in [1.807, 2.05) is 28.0 Å². The molecule has 1 aromatic carbocycles. The average molecular weight is 429 g/mol. The number of para-hydroxylation sites is 1. The van der Waals surface area contributed by atoms with Crippen LogP contribution in [-0.2, 0) is 14.4 Å². The summed E-state index contributed by atoms with van der Waals surface area (Å²) < 4.78 is 0. The third kappa shape index (κ3) is 4.69. The Kier molecular flexibility index (Phi) is 6.75. The molecule has 0 bridgehead atoms. The minimum atomic E-state index is -0.671. The number of anilines is 1. The van der Waals surface area contributed by atoms with Crippen LogP contribution in [-0.4, -0.2) is 72.0 Å². The first-order valence-electron chi connectivity index (χ1n) is 11.4. The molecule has 0 spiro atoms. The summed E-state index contributed by atoms with van der Waals surface area (Å²) >= 11 is 0. The van der Waals surface area contributed by atoms with Crippen LogP contribution in [0.4, 0.5) is 5.69 Å². The third-order valence-electron chi connectivity index (χ3n) is 7.09. The Hall–Kier alpha value is -2.61. The summed E-state index contributed by atoms with van der Waals surface area (Å²) in [5, 5.41) is 9.27. The van der Waals surface area contributed by atoms with Crippen LogP contribution in [0.2, 0.25) is 0 Å². The molecule has 0 radical (unpaired) electrons. The zero-order valence-corrected chi connectivity index (χ0v) is 17.9. The molecule has 8 nitrogen and oxygen atoms in total. The summed E-state index contributed by atoms with van der Waals surface area (Å²) in [5.41, 5.74) is 2.88. The van der Waals surface area contributed by atoms with Crippen LogP contribution < -0.4 is 10.4 Å². The quantitative estimate of drug-likeness (QED) is 0.560. The summed E-state index contributed by atoms with van der Waals surface area (Å²) in [4.78, 5) is 44.5. The summed E-state index contributed by atoms with van der Waals surface area (Å²) in [6, 6.07) is 10.1. The van der Waals surface area contributed by atoms with Crippen molar-refractivity contribution in [2.45, 2.75) is 32.1 Å². The molecule has 2 aliphatic heterocycles. The maximum atomic E-state index is 13.3. The van der Waals surface area contributed by atoms with Crippen molar-refractivity contribution >= 4 is 23.4 Å². The van der Waals surface area contributed by atoms with E-state index in [-0.39, 0.29) is 17.7 Å². The highest BCUT2D eigenvalue weighted by Gasteiger charge is 2.44. The lowest BCUT2D eigenvalue weighted by Crippen LogP contribution is -2.53. The molecule has 0 aromatic heterocycles. The summed E-state index contributed by atoms with van der Waals surface area (Å²) in [6.07, 6.45) is 3.48. The molecule has 3 atom stereocenters. The van der Waals surface area contributed by atoms with E-state index in [1.54, 1.807) is 5.48 Å². The third-order valence-corrected chi connectivity index (χ3v) is 7.09. The molecule has 1 aliphatic carbocycles. The molecule has 1 aromatic rings. The number of rotatable bonds is 4. The van der Waals surface area contributed by atoms with Crippen molar-refractivity contribution in [2.75, 3.05) is 44.2 Å². The fraction of sp³-hybridized carbons (Fsp3) is 0.609. The van der Waals surface area contributed by atoms with Gasteiger partial charge in [-0.1, -0.05) is 18.2 Å². The van der Waals surface area contributed by atoms with Crippen LogP contribution >= 0.6 is 0 Å². The number of carbonyl (C=O) groups is 3. The first-order valence-corrected chi connectivity index (χ1v) is 11.4. The molecular formula is C23H32N4O4. The van der Waals surface area contributed by atoms with Crippen molar-refractivity contribution < 1.29 is 19.6 Å². The maximum Gasteiger partial charge on any atom is 0.247 e. The predicted octanol–water partition coefficient (Wildman–Crippen LogP) is 1.50. The van der Waals surface area contributed by atoms with Gasteiger partial charge in [0, 0.05) is 56.8 Å². The molecule has 3 fully saturated rings. The van der Waals surface area contributed by atoms with Crippen LogP contribution in [0.25, 0.3) is 0 Å². The highest BCUT2D eigenvalue weighted by molar-refractivity contribution is 5.89. The second-order valence-electron chi connectivity index (χ2n) is 8.88. The van der Waals surface area contributed by atoms with E-state index in [1.165, 1.54) is 0 Å². The van der Waals surface area contributed by atoms with Crippen molar-refractivity contribution in [1.82, 2.24) is 15.3 Å². The Labute approximate surface area is 183 Å². The number of nitrogens with one attached hydrogen (secondary N) is 1. The van der Waals surface area contributed by atoms with Crippen LogP contribution in [0.5, 0.6) is 0 Å². The zero-order chi connectivity index (χ0) is 21.8. The lowest BCUT2D eigenvalue weighted by molar-refractivity contribution is -0.150. The van der Waals surface area contributed by atoms with E-state index in [4.69, 9.17) is 0 Å². The van der Waals surface area contributed by atoms with E-state index < -0.39 is 17.7 Å². The lowest BCUT2D eigenvalue weighted by Gasteiger charge is -2.41. The molecule has 2 heterocycles. The lowest BCUT2D eigenvalue weighted by atomic mass is 9.72. The number of nitrogens with zero attached hydrogens (tertiary/aromatic N) is 3. The molecular weight excluding hydrogens is 396 g/mol. The normalized spacial score (nSPS) is 26.6. The van der Waals surface area contributed by atoms with Gasteiger partial charge in [0.1, 0.15) is 0 Å². The van der Waals surface area contributed by atoms with Gasteiger partial charge in [0.05, 0.1) is 5.92 Å². The second kappa shape index (κ2) is 9.68. The minimum absolute atomic E-state index is 0.0339. The number of hydroxylamine groups is 1. The number of carbonyl (C=O) groups excluding carboxylic acids is 3. The number of benzene rings is 1. The largest absolute Gasteiger partial charge is 0.368 e. The van der Waals surface area contributed by atoms with Crippen LogP contribution in [0.1, 0.15) is 32.1 Å². The number of likely N-dealkylation sites (tertiary alicyclic amines) is 1. The van der Waals surface area contributed by atoms with Gasteiger partial charge >= 0.3 is 0 Å². The number of hydrogen-bond acceptors (Lipinski definition) is 5. The van der Waals surface area contributed by atoms with Gasteiger partial charge in [-0.25, -0.2) is 5.48 Å². The van der Waals surface area contributed by atoms with Crippen LogP contribution in [0, 0.1) is 17.8 Å². The Bertz CT molecular complexity index is 788. The van der Waals surface area contributed by atoms with Crippen molar-refractivity contribution in [1.29, 1.82) is 0 Å². The summed E-state index contributed by atoms with van der Waals surface area (Å²) in [6.45, 7) is 4.26. The van der Waals surface area contributed by atoms with Crippen molar-refractivity contribution in [3.05, 3.63) is 30.3 Å². The molecule has 31 heavy (non-hydrogen) atoms. The van der Waals surface area contributed by atoms with Gasteiger partial charge in [-0.15, -0.1) is 0 Å². The van der Waals surface area contributed by atoms with Gasteiger partial charge in [-0.05, 0) is 44.2 Å². The molecule has 0 unspecified atom stereocenters. The SMILES string of the molecule is O=C(NO)[C@H]1C[C@H](C(=O)N2CCCC2)CC[C@@H]1C(=O)N1CCN(c2ccccc2)CC1. The fourth-order valence-electron chi connectivity index (χ4n) is 5.32. The van der Waals surface area contributed by atoms with E-state index in [0.717, 1.165) is 44.7 Å². The molecule has 4 rings (SSSR count). The van der Waals surface area contributed by atoms with Crippen LogP contribution in [0.3, 0.4) is 0 Å². The Morgan fingerprint density at radius 2 is 1.45 bits per heavy atom. The van der Waals surface area contributed by atoms with Gasteiger partial charge in [-0.2, -0.15) is 0 Å². The molecule has 2 saturated heterocycles. The molecule has 3 amide bonds. The first kappa shape index (κ1) is 21.6. The highest BCUT2D eigenvalue weighted by atomic mass is 16.5. The Morgan fingerprint density at radius 1 is 0.806 bits per heavy atom. The molecule has 3 aliphatic rings. The number of hydrogen-bond donors (Lipinski definition) is 2. The molecule has 1 saturated carbocycles. The predicted molar refractivity (Wildman–Crippen MR) is 115 cm³/mol. The average Bonchev–Trinajstić information content (AvgIpc) is 3.38. The monoisotopic (exact) mass is 428 g/mol. The van der Waals surface area contributed by atoms with Gasteiger partial charge in [0.15, 0.2) is 0 Å². The maximum absolute atomic E-state index is 13.3. The number of amides is 3. The van der Waals surface area contributed by atoms with Gasteiger partial charge in [0.2, 0.25) is 17.7 Å². The standard InChI is InChI=1S/C23H32N4O4/c28-21(24-31)20-16-17(22(29)26-10-4-5-11-26)8-9-19(20)23(30)27-14-12-25(13-15-27)18-6-2-1-3-7-18/h1-3,6-7,17,19-20,31H,4-5,8-16H2,(H,24,28)/t17-,19+,20+/m1/s1. The van der Waals surface area contributed by atoms with E-state index in [2.05, 4.69) is 17.0 Å². The van der Waals surface area contributed by atoms with Gasteiger partial charge < -0.3 is 14.7 Å². The Balaban J connectivity index is 1.39. The van der Waals surface area contributed by atoms with Gasteiger partial charge in [-0.3, -0.25) is 19.6 Å². The van der Waals surface area contributed by atoms with E-state index >= 15 is 0 Å². The molecule has 8 heteroatoms. The molecule has 168 valence electrons. The Morgan fingerprint density at radius 3 is 2.10 bits per heavy atom. The highest BCUT2D eigenvalue weighted by Crippen LogP contribution is 2.37. The van der Waals surface area contributed by atoms with E-state index in [9.17, 15) is 19.6 Å². The minimum Gasteiger partial charge on any atom is -0.368 e. The smallest absolute Gasteiger partial charge is 0.247 e. The summed E-state index contributed by atoms with van der Waals surface area (Å²) in [7, 11) is 0. The van der Waals surface area contributed by atoms with Crippen molar-refractivity contribution in [2.24, 2.45) is 17.8 Å². The van der Waals surface area contributed by atoms with E-state index in [0.29, 0.717) is 32.4 Å². The molecule has 2 N–H and O–H groups in total. The van der Waals surface area contributed by atoms with Crippen LogP contribution in [0.15, 0.2) is 30.3 Å². The number of piperazine rings is 1. The summed E-state index contributed by atoms with van der Waals surface area (Å²) in [5.74, 6) is -1.91. The van der Waals surface area contributed by atoms with Crippen molar-refractivity contribution in [3.8, 4) is 0 Å². The second-order valence-corrected chi connectivity index (χ2v) is 8.88. The van der Waals surface area contributed by atoms with Gasteiger partial charge in [0.25, 0.3) is 0 Å².